The Bertz CT molecular complexity index is 593. The zero-order chi connectivity index (χ0) is 15.7. The summed E-state index contributed by atoms with van der Waals surface area (Å²) in [7, 11) is 0. The van der Waals surface area contributed by atoms with E-state index in [2.05, 4.69) is 10.6 Å². The van der Waals surface area contributed by atoms with E-state index in [4.69, 9.17) is 10.4 Å². The summed E-state index contributed by atoms with van der Waals surface area (Å²) in [6.07, 6.45) is 1.72. The number of carbonyl (C=O) groups excluding carboxylic acids is 1. The topological polar surface area (TPSA) is 102 Å². The molecule has 0 aromatic heterocycles. The largest absolute Gasteiger partial charge is 0.480 e. The summed E-state index contributed by atoms with van der Waals surface area (Å²) in [6, 6.07) is 7.77. The normalized spacial score (nSPS) is 10.6. The molecule has 0 heterocycles. The molecule has 1 aromatic carbocycles. The molecule has 6 nitrogen and oxygen atoms in total. The van der Waals surface area contributed by atoms with Gasteiger partial charge in [-0.1, -0.05) is 12.1 Å². The van der Waals surface area contributed by atoms with Crippen molar-refractivity contribution in [2.75, 3.05) is 13.1 Å². The molecule has 0 radical (unpaired) electrons. The predicted octanol–water partition coefficient (Wildman–Crippen LogP) is 0.566. The van der Waals surface area contributed by atoms with Crippen LogP contribution < -0.4 is 10.6 Å². The van der Waals surface area contributed by atoms with Gasteiger partial charge in [0.2, 0.25) is 0 Å². The first-order chi connectivity index (χ1) is 10.0. The van der Waals surface area contributed by atoms with Gasteiger partial charge in [-0.15, -0.1) is 0 Å². The molecule has 0 fully saturated rings. The Kier molecular flexibility index (Phi) is 6.41. The summed E-state index contributed by atoms with van der Waals surface area (Å²) in [4.78, 5) is 21.7. The average Bonchev–Trinajstić information content (AvgIpc) is 2.45. The Hall–Kier alpha value is -2.88. The Morgan fingerprint density at radius 2 is 2.19 bits per heavy atom. The molecule has 0 bridgehead atoms. The van der Waals surface area contributed by atoms with Crippen molar-refractivity contribution in [2.45, 2.75) is 6.42 Å². The van der Waals surface area contributed by atoms with E-state index in [-0.39, 0.29) is 11.4 Å². The van der Waals surface area contributed by atoms with Crippen LogP contribution in [0.15, 0.2) is 36.0 Å². The van der Waals surface area contributed by atoms with E-state index in [1.165, 1.54) is 18.3 Å². The van der Waals surface area contributed by atoms with Gasteiger partial charge in [0.05, 0.1) is 0 Å². The highest BCUT2D eigenvalue weighted by atomic mass is 19.1. The zero-order valence-electron chi connectivity index (χ0n) is 11.1. The molecular weight excluding hydrogens is 277 g/mol. The number of amides is 1. The molecule has 1 amide bonds. The van der Waals surface area contributed by atoms with Gasteiger partial charge in [-0.25, -0.2) is 4.39 Å². The van der Waals surface area contributed by atoms with Crippen LogP contribution in [0.2, 0.25) is 0 Å². The second-order valence-electron chi connectivity index (χ2n) is 4.08. The second kappa shape index (κ2) is 8.32. The minimum absolute atomic E-state index is 0.226. The number of nitriles is 1. The van der Waals surface area contributed by atoms with Crippen LogP contribution in [0, 0.1) is 17.1 Å². The smallest absolute Gasteiger partial charge is 0.322 e. The fourth-order valence-corrected chi connectivity index (χ4v) is 1.48. The maximum Gasteiger partial charge on any atom is 0.322 e. The maximum atomic E-state index is 12.9. The van der Waals surface area contributed by atoms with Gasteiger partial charge in [0.25, 0.3) is 5.91 Å². The van der Waals surface area contributed by atoms with Crippen LogP contribution in [-0.4, -0.2) is 30.1 Å². The van der Waals surface area contributed by atoms with E-state index in [0.29, 0.717) is 13.0 Å². The molecule has 0 saturated heterocycles. The first-order valence-electron chi connectivity index (χ1n) is 6.11. The number of aliphatic carboxylic acids is 1. The number of benzene rings is 1. The first-order valence-corrected chi connectivity index (χ1v) is 6.11. The molecule has 3 N–H and O–H groups in total. The monoisotopic (exact) mass is 291 g/mol. The van der Waals surface area contributed by atoms with Gasteiger partial charge in [-0.2, -0.15) is 5.26 Å². The SMILES string of the molecule is N#C/C(=C/NCCc1cccc(F)c1)C(=O)NCC(=O)O. The van der Waals surface area contributed by atoms with Gasteiger partial charge in [0, 0.05) is 12.7 Å². The fourth-order valence-electron chi connectivity index (χ4n) is 1.48. The molecule has 0 aliphatic carbocycles. The van der Waals surface area contributed by atoms with E-state index in [9.17, 15) is 14.0 Å². The number of hydrogen-bond acceptors (Lipinski definition) is 4. The molecule has 1 aromatic rings. The standard InChI is InChI=1S/C14H14FN3O3/c15-12-3-1-2-10(6-12)4-5-17-8-11(7-16)14(21)18-9-13(19)20/h1-3,6,8,17H,4-5,9H2,(H,18,21)(H,19,20)/b11-8-. The van der Waals surface area contributed by atoms with Gasteiger partial charge in [0.15, 0.2) is 0 Å². The number of halogens is 1. The molecule has 0 spiro atoms. The lowest BCUT2D eigenvalue weighted by atomic mass is 10.1. The van der Waals surface area contributed by atoms with Crippen molar-refractivity contribution in [1.29, 1.82) is 5.26 Å². The molecule has 0 aliphatic heterocycles. The van der Waals surface area contributed by atoms with E-state index >= 15 is 0 Å². The van der Waals surface area contributed by atoms with Crippen LogP contribution in [0.25, 0.3) is 0 Å². The number of carboxylic acid groups (broad SMARTS) is 1. The van der Waals surface area contributed by atoms with Crippen LogP contribution in [0.5, 0.6) is 0 Å². The van der Waals surface area contributed by atoms with Crippen molar-refractivity contribution in [3.05, 3.63) is 47.4 Å². The number of rotatable bonds is 7. The van der Waals surface area contributed by atoms with Crippen molar-refractivity contribution >= 4 is 11.9 Å². The molecule has 21 heavy (non-hydrogen) atoms. The van der Waals surface area contributed by atoms with Crippen molar-refractivity contribution < 1.29 is 19.1 Å². The number of nitrogens with one attached hydrogen (secondary N) is 2. The average molecular weight is 291 g/mol. The quantitative estimate of drug-likeness (QED) is 0.387. The molecule has 0 unspecified atom stereocenters. The van der Waals surface area contributed by atoms with Gasteiger partial charge in [-0.05, 0) is 24.1 Å². The first kappa shape index (κ1) is 16.2. The lowest BCUT2D eigenvalue weighted by molar-refractivity contribution is -0.137. The van der Waals surface area contributed by atoms with Crippen LogP contribution >= 0.6 is 0 Å². The minimum Gasteiger partial charge on any atom is -0.480 e. The van der Waals surface area contributed by atoms with Crippen LogP contribution in [0.4, 0.5) is 4.39 Å². The van der Waals surface area contributed by atoms with Crippen molar-refractivity contribution in [1.82, 2.24) is 10.6 Å². The fraction of sp³-hybridized carbons (Fsp3) is 0.214. The van der Waals surface area contributed by atoms with Gasteiger partial charge in [-0.3, -0.25) is 9.59 Å². The third-order valence-electron chi connectivity index (χ3n) is 2.46. The Labute approximate surface area is 120 Å². The van der Waals surface area contributed by atoms with E-state index in [0.717, 1.165) is 5.56 Å². The summed E-state index contributed by atoms with van der Waals surface area (Å²) < 4.78 is 12.9. The maximum absolute atomic E-state index is 12.9. The van der Waals surface area contributed by atoms with Crippen LogP contribution in [-0.2, 0) is 16.0 Å². The number of carboxylic acids is 1. The van der Waals surface area contributed by atoms with Crippen molar-refractivity contribution in [3.8, 4) is 6.07 Å². The highest BCUT2D eigenvalue weighted by Gasteiger charge is 2.09. The number of nitrogens with zero attached hydrogens (tertiary/aromatic N) is 1. The zero-order valence-corrected chi connectivity index (χ0v) is 11.1. The summed E-state index contributed by atoms with van der Waals surface area (Å²) in [5.41, 5.74) is 0.556. The van der Waals surface area contributed by atoms with Gasteiger partial charge >= 0.3 is 5.97 Å². The number of carbonyl (C=O) groups is 2. The lowest BCUT2D eigenvalue weighted by Crippen LogP contribution is -2.30. The minimum atomic E-state index is -1.19. The highest BCUT2D eigenvalue weighted by Crippen LogP contribution is 2.03. The van der Waals surface area contributed by atoms with E-state index in [1.807, 2.05) is 0 Å². The molecule has 7 heteroatoms. The Morgan fingerprint density at radius 3 is 2.81 bits per heavy atom. The molecule has 0 saturated carbocycles. The molecule has 0 atom stereocenters. The molecule has 1 rings (SSSR count). The van der Waals surface area contributed by atoms with Gasteiger partial charge in [0.1, 0.15) is 24.0 Å². The number of hydrogen-bond donors (Lipinski definition) is 3. The van der Waals surface area contributed by atoms with Crippen LogP contribution in [0.3, 0.4) is 0 Å². The predicted molar refractivity (Wildman–Crippen MR) is 72.4 cm³/mol. The Balaban J connectivity index is 2.44. The van der Waals surface area contributed by atoms with Crippen LogP contribution in [0.1, 0.15) is 5.56 Å². The van der Waals surface area contributed by atoms with Crippen molar-refractivity contribution in [3.63, 3.8) is 0 Å². The third kappa shape index (κ3) is 6.20. The third-order valence-corrected chi connectivity index (χ3v) is 2.46. The summed E-state index contributed by atoms with van der Waals surface area (Å²) in [5.74, 6) is -2.29. The van der Waals surface area contributed by atoms with Crippen molar-refractivity contribution in [2.24, 2.45) is 0 Å². The van der Waals surface area contributed by atoms with E-state index in [1.54, 1.807) is 18.2 Å². The lowest BCUT2D eigenvalue weighted by Gasteiger charge is -2.04. The summed E-state index contributed by atoms with van der Waals surface area (Å²) >= 11 is 0. The Morgan fingerprint density at radius 1 is 1.43 bits per heavy atom. The second-order valence-corrected chi connectivity index (χ2v) is 4.08. The molecule has 0 aliphatic rings. The van der Waals surface area contributed by atoms with Gasteiger partial charge < -0.3 is 15.7 Å². The molecular formula is C14H14FN3O3. The highest BCUT2D eigenvalue weighted by molar-refractivity contribution is 5.98. The molecule has 110 valence electrons. The summed E-state index contributed by atoms with van der Waals surface area (Å²) in [5, 5.41) is 22.1. The van der Waals surface area contributed by atoms with E-state index < -0.39 is 18.4 Å². The summed E-state index contributed by atoms with van der Waals surface area (Å²) in [6.45, 7) is -0.151.